The van der Waals surface area contributed by atoms with Crippen molar-refractivity contribution in [3.05, 3.63) is 76.4 Å². The molecular formula is C19H15Cl2N3O2. The van der Waals surface area contributed by atoms with Gasteiger partial charge in [-0.15, -0.1) is 0 Å². The molecule has 1 amide bonds. The Morgan fingerprint density at radius 1 is 1.04 bits per heavy atom. The molecule has 0 unspecified atom stereocenters. The van der Waals surface area contributed by atoms with Gasteiger partial charge in [0.2, 0.25) is 0 Å². The maximum absolute atomic E-state index is 12.5. The number of anilines is 3. The Morgan fingerprint density at radius 3 is 2.50 bits per heavy atom. The third kappa shape index (κ3) is 4.25. The molecule has 0 saturated heterocycles. The lowest BCUT2D eigenvalue weighted by atomic mass is 10.2. The van der Waals surface area contributed by atoms with Crippen LogP contribution in [0, 0.1) is 0 Å². The van der Waals surface area contributed by atoms with Gasteiger partial charge < -0.3 is 15.4 Å². The van der Waals surface area contributed by atoms with Crippen LogP contribution in [0.15, 0.2) is 60.8 Å². The van der Waals surface area contributed by atoms with Gasteiger partial charge in [0.05, 0.1) is 22.8 Å². The number of ether oxygens (including phenoxy) is 1. The zero-order valence-corrected chi connectivity index (χ0v) is 15.3. The second kappa shape index (κ2) is 8.08. The average molecular weight is 388 g/mol. The van der Waals surface area contributed by atoms with Gasteiger partial charge in [0.1, 0.15) is 11.6 Å². The van der Waals surface area contributed by atoms with E-state index < -0.39 is 0 Å². The van der Waals surface area contributed by atoms with Gasteiger partial charge in [0.15, 0.2) is 0 Å². The summed E-state index contributed by atoms with van der Waals surface area (Å²) in [5.74, 6) is 0.907. The highest BCUT2D eigenvalue weighted by atomic mass is 35.5. The van der Waals surface area contributed by atoms with Gasteiger partial charge in [-0.2, -0.15) is 0 Å². The summed E-state index contributed by atoms with van der Waals surface area (Å²) in [5, 5.41) is 6.60. The molecule has 3 rings (SSSR count). The SMILES string of the molecule is COc1cccc(Nc2cc(C(=O)Nc3c(Cl)cccc3Cl)ccn2)c1. The molecule has 0 spiro atoms. The average Bonchev–Trinajstić information content (AvgIpc) is 2.65. The molecule has 0 aliphatic carbocycles. The molecule has 2 N–H and O–H groups in total. The van der Waals surface area contributed by atoms with Crippen LogP contribution in [0.4, 0.5) is 17.2 Å². The normalized spacial score (nSPS) is 10.3. The Kier molecular flexibility index (Phi) is 5.61. The molecule has 3 aromatic rings. The van der Waals surface area contributed by atoms with Crippen molar-refractivity contribution in [3.63, 3.8) is 0 Å². The van der Waals surface area contributed by atoms with E-state index in [9.17, 15) is 4.79 Å². The van der Waals surface area contributed by atoms with Gasteiger partial charge in [-0.1, -0.05) is 35.3 Å². The van der Waals surface area contributed by atoms with Crippen molar-refractivity contribution >= 4 is 46.3 Å². The number of hydrogen-bond donors (Lipinski definition) is 2. The highest BCUT2D eigenvalue weighted by Gasteiger charge is 2.12. The van der Waals surface area contributed by atoms with Crippen LogP contribution < -0.4 is 15.4 Å². The van der Waals surface area contributed by atoms with E-state index in [4.69, 9.17) is 27.9 Å². The first-order valence-electron chi connectivity index (χ1n) is 7.69. The van der Waals surface area contributed by atoms with E-state index in [0.717, 1.165) is 11.4 Å². The Bertz CT molecular complexity index is 927. The molecule has 0 aliphatic heterocycles. The van der Waals surface area contributed by atoms with Crippen LogP contribution in [0.5, 0.6) is 5.75 Å². The fourth-order valence-electron chi connectivity index (χ4n) is 2.29. The molecule has 0 aliphatic rings. The summed E-state index contributed by atoms with van der Waals surface area (Å²) in [7, 11) is 1.60. The van der Waals surface area contributed by atoms with Gasteiger partial charge in [-0.25, -0.2) is 4.98 Å². The molecule has 26 heavy (non-hydrogen) atoms. The molecule has 1 heterocycles. The van der Waals surface area contributed by atoms with Crippen molar-refractivity contribution in [2.45, 2.75) is 0 Å². The minimum Gasteiger partial charge on any atom is -0.497 e. The summed E-state index contributed by atoms with van der Waals surface area (Å²) < 4.78 is 5.19. The molecule has 1 aromatic heterocycles. The first-order chi connectivity index (χ1) is 12.6. The summed E-state index contributed by atoms with van der Waals surface area (Å²) >= 11 is 12.2. The fraction of sp³-hybridized carbons (Fsp3) is 0.0526. The summed E-state index contributed by atoms with van der Waals surface area (Å²) in [5.41, 5.74) is 1.59. The number of pyridine rings is 1. The first kappa shape index (κ1) is 18.0. The lowest BCUT2D eigenvalue weighted by Crippen LogP contribution is -2.13. The number of hydrogen-bond acceptors (Lipinski definition) is 4. The molecule has 0 radical (unpaired) electrons. The van der Waals surface area contributed by atoms with Crippen LogP contribution >= 0.6 is 23.2 Å². The quantitative estimate of drug-likeness (QED) is 0.615. The summed E-state index contributed by atoms with van der Waals surface area (Å²) in [6.45, 7) is 0. The van der Waals surface area contributed by atoms with E-state index in [2.05, 4.69) is 15.6 Å². The number of amides is 1. The second-order valence-corrected chi connectivity index (χ2v) is 6.15. The molecular weight excluding hydrogens is 373 g/mol. The lowest BCUT2D eigenvalue weighted by molar-refractivity contribution is 0.102. The number of carbonyl (C=O) groups is 1. The molecule has 7 heteroatoms. The number of benzene rings is 2. The van der Waals surface area contributed by atoms with E-state index in [1.54, 1.807) is 43.6 Å². The van der Waals surface area contributed by atoms with Crippen molar-refractivity contribution in [2.75, 3.05) is 17.7 Å². The number of halogens is 2. The molecule has 132 valence electrons. The number of aromatic nitrogens is 1. The van der Waals surface area contributed by atoms with Gasteiger partial charge in [0, 0.05) is 23.5 Å². The maximum atomic E-state index is 12.5. The number of carbonyl (C=O) groups excluding carboxylic acids is 1. The number of nitrogens with one attached hydrogen (secondary N) is 2. The van der Waals surface area contributed by atoms with E-state index >= 15 is 0 Å². The number of rotatable bonds is 5. The van der Waals surface area contributed by atoms with Crippen molar-refractivity contribution in [3.8, 4) is 5.75 Å². The highest BCUT2D eigenvalue weighted by Crippen LogP contribution is 2.30. The monoisotopic (exact) mass is 387 g/mol. The van der Waals surface area contributed by atoms with Gasteiger partial charge >= 0.3 is 0 Å². The van der Waals surface area contributed by atoms with Crippen molar-refractivity contribution < 1.29 is 9.53 Å². The highest BCUT2D eigenvalue weighted by molar-refractivity contribution is 6.40. The molecule has 0 saturated carbocycles. The summed E-state index contributed by atoms with van der Waals surface area (Å²) in [4.78, 5) is 16.8. The Labute approximate surface area is 160 Å². The Hall–Kier alpha value is -2.76. The van der Waals surface area contributed by atoms with E-state index in [1.165, 1.54) is 0 Å². The van der Waals surface area contributed by atoms with Gasteiger partial charge in [0.25, 0.3) is 5.91 Å². The molecule has 2 aromatic carbocycles. The second-order valence-electron chi connectivity index (χ2n) is 5.34. The third-order valence-electron chi connectivity index (χ3n) is 3.57. The maximum Gasteiger partial charge on any atom is 0.255 e. The zero-order valence-electron chi connectivity index (χ0n) is 13.8. The number of para-hydroxylation sites is 1. The minimum atomic E-state index is -0.337. The standard InChI is InChI=1S/C19H15Cl2N3O2/c1-26-14-5-2-4-13(11-14)23-17-10-12(8-9-22-17)19(25)24-18-15(20)6-3-7-16(18)21/h2-11H,1H3,(H,22,23)(H,24,25). The van der Waals surface area contributed by atoms with Crippen molar-refractivity contribution in [2.24, 2.45) is 0 Å². The zero-order chi connectivity index (χ0) is 18.5. The van der Waals surface area contributed by atoms with Gasteiger partial charge in [-0.3, -0.25) is 4.79 Å². The number of nitrogens with zero attached hydrogens (tertiary/aromatic N) is 1. The topological polar surface area (TPSA) is 63.2 Å². The van der Waals surface area contributed by atoms with Gasteiger partial charge in [-0.05, 0) is 36.4 Å². The molecule has 5 nitrogen and oxygen atoms in total. The summed E-state index contributed by atoms with van der Waals surface area (Å²) in [6, 6.07) is 15.7. The predicted octanol–water partition coefficient (Wildman–Crippen LogP) is 5.39. The van der Waals surface area contributed by atoms with Crippen LogP contribution in [0.2, 0.25) is 10.0 Å². The van der Waals surface area contributed by atoms with E-state index in [1.807, 2.05) is 24.3 Å². The minimum absolute atomic E-state index is 0.337. The largest absolute Gasteiger partial charge is 0.497 e. The summed E-state index contributed by atoms with van der Waals surface area (Å²) in [6.07, 6.45) is 1.55. The van der Waals surface area contributed by atoms with Crippen LogP contribution in [0.1, 0.15) is 10.4 Å². The first-order valence-corrected chi connectivity index (χ1v) is 8.45. The van der Waals surface area contributed by atoms with Crippen LogP contribution in [0.3, 0.4) is 0 Å². The van der Waals surface area contributed by atoms with Crippen LogP contribution in [-0.2, 0) is 0 Å². The molecule has 0 atom stereocenters. The Balaban J connectivity index is 1.79. The fourth-order valence-corrected chi connectivity index (χ4v) is 2.78. The molecule has 0 bridgehead atoms. The predicted molar refractivity (Wildman–Crippen MR) is 105 cm³/mol. The molecule has 0 fully saturated rings. The smallest absolute Gasteiger partial charge is 0.255 e. The number of methoxy groups -OCH3 is 1. The van der Waals surface area contributed by atoms with Crippen LogP contribution in [0.25, 0.3) is 0 Å². The third-order valence-corrected chi connectivity index (χ3v) is 4.20. The Morgan fingerprint density at radius 2 is 1.77 bits per heavy atom. The lowest BCUT2D eigenvalue weighted by Gasteiger charge is -2.11. The van der Waals surface area contributed by atoms with Crippen LogP contribution in [-0.4, -0.2) is 18.0 Å². The van der Waals surface area contributed by atoms with E-state index in [-0.39, 0.29) is 5.91 Å². The van der Waals surface area contributed by atoms with Crippen molar-refractivity contribution in [1.82, 2.24) is 4.98 Å². The van der Waals surface area contributed by atoms with E-state index in [0.29, 0.717) is 27.1 Å². The van der Waals surface area contributed by atoms with Crippen molar-refractivity contribution in [1.29, 1.82) is 0 Å².